The Labute approximate surface area is 323 Å². The Kier molecular flexibility index (Phi) is 11.8. The smallest absolute Gasteiger partial charge is 0.410 e. The highest BCUT2D eigenvalue weighted by Gasteiger charge is 2.61. The first-order valence-electron chi connectivity index (χ1n) is 19.6. The number of nitrogens with one attached hydrogen (secondary N) is 2. The second-order valence-corrected chi connectivity index (χ2v) is 18.8. The fourth-order valence-corrected chi connectivity index (χ4v) is 9.80. The summed E-state index contributed by atoms with van der Waals surface area (Å²) in [4.78, 5) is 84.5. The van der Waals surface area contributed by atoms with E-state index in [2.05, 4.69) is 22.7 Å². The van der Waals surface area contributed by atoms with E-state index in [0.717, 1.165) is 48.4 Å². The summed E-state index contributed by atoms with van der Waals surface area (Å²) in [5.41, 5.74) is 1.69. The third kappa shape index (κ3) is 9.24. The number of Topliss-reactive ketones (excluding diaryl/α,β-unsaturated/α-hetero) is 1. The zero-order chi connectivity index (χ0) is 39.7. The lowest BCUT2D eigenvalue weighted by Gasteiger charge is -2.29. The molecule has 0 radical (unpaired) electrons. The molecule has 0 unspecified atom stereocenters. The lowest BCUT2D eigenvalue weighted by Crippen LogP contribution is -2.48. The van der Waals surface area contributed by atoms with Gasteiger partial charge in [0.2, 0.25) is 27.7 Å². The molecule has 2 aliphatic carbocycles. The van der Waals surface area contributed by atoms with Gasteiger partial charge in [-0.1, -0.05) is 58.4 Å². The van der Waals surface area contributed by atoms with E-state index >= 15 is 0 Å². The average Bonchev–Trinajstić information content (AvgIpc) is 4.04. The number of carbonyl (C=O) groups excluding carboxylic acids is 6. The van der Waals surface area contributed by atoms with Crippen molar-refractivity contribution < 1.29 is 46.7 Å². The maximum absolute atomic E-state index is 14.5. The Hall–Kier alpha value is -4.27. The number of hydrogen-bond donors (Lipinski definition) is 2. The highest BCUT2D eigenvalue weighted by Crippen LogP contribution is 2.58. The van der Waals surface area contributed by atoms with Gasteiger partial charge in [0, 0.05) is 32.5 Å². The molecule has 3 heterocycles. The molecule has 5 aliphatic rings. The van der Waals surface area contributed by atoms with Crippen molar-refractivity contribution in [1.82, 2.24) is 19.8 Å². The number of esters is 1. The predicted molar refractivity (Wildman–Crippen MR) is 200 cm³/mol. The molecular weight excluding hydrogens is 729 g/mol. The van der Waals surface area contributed by atoms with Gasteiger partial charge in [0.15, 0.2) is 5.78 Å². The van der Waals surface area contributed by atoms with Gasteiger partial charge in [0.05, 0.1) is 42.2 Å². The van der Waals surface area contributed by atoms with E-state index in [1.807, 2.05) is 32.9 Å². The fraction of sp³-hybridized carbons (Fsp3) is 0.650. The van der Waals surface area contributed by atoms with E-state index in [0.29, 0.717) is 38.8 Å². The largest absolute Gasteiger partial charge is 0.465 e. The lowest BCUT2D eigenvalue weighted by atomic mass is 9.87. The Morgan fingerprint density at radius 2 is 1.82 bits per heavy atom. The summed E-state index contributed by atoms with van der Waals surface area (Å²) >= 11 is 0. The molecule has 3 aliphatic heterocycles. The average molecular weight is 783 g/mol. The van der Waals surface area contributed by atoms with Crippen molar-refractivity contribution in [2.45, 2.75) is 122 Å². The van der Waals surface area contributed by atoms with Crippen LogP contribution in [0.1, 0.15) is 102 Å². The molecule has 0 spiro atoms. The van der Waals surface area contributed by atoms with Crippen molar-refractivity contribution in [3.05, 3.63) is 47.5 Å². The lowest BCUT2D eigenvalue weighted by molar-refractivity contribution is -0.152. The van der Waals surface area contributed by atoms with Gasteiger partial charge in [-0.3, -0.25) is 33.6 Å². The number of sulfonamides is 1. The normalized spacial score (nSPS) is 28.5. The molecule has 300 valence electrons. The number of hydrogen-bond acceptors (Lipinski definition) is 10. The Morgan fingerprint density at radius 3 is 2.51 bits per heavy atom. The number of rotatable bonds is 10. The van der Waals surface area contributed by atoms with Crippen LogP contribution in [-0.2, 0) is 63.0 Å². The summed E-state index contributed by atoms with van der Waals surface area (Å²) < 4.78 is 39.4. The van der Waals surface area contributed by atoms with Gasteiger partial charge in [-0.05, 0) is 72.6 Å². The zero-order valence-electron chi connectivity index (χ0n) is 32.1. The number of aryl methyl sites for hydroxylation is 1. The highest BCUT2D eigenvalue weighted by atomic mass is 32.2. The number of carbonyl (C=O) groups is 6. The van der Waals surface area contributed by atoms with Crippen molar-refractivity contribution in [3.8, 4) is 0 Å². The number of nitrogens with zero attached hydrogens (tertiary/aromatic N) is 2. The van der Waals surface area contributed by atoms with E-state index in [1.165, 1.54) is 4.90 Å². The standard InChI is InChI=1S/C40H54N4O10S/c1-5-28-18-40(28,37(49)42-55(51,52)30-13-14-30)19-33(45)32-17-29-22-44(32)36(48)27(20-41-34(46)6-2)16-35(47)53-24-39(3,4)15-8-7-10-25-11-9-12-26-21-43(23-31(25)26)38(50)54-29/h6,9,11-12,27-30,32H,2,5,7-8,10,13-24H2,1,3-4H3,(H,41,46)(H,42,49)/t27-,28+,29+,32-,40+/m0/s1. The molecule has 1 saturated heterocycles. The second kappa shape index (κ2) is 16.1. The first kappa shape index (κ1) is 40.4. The number of fused-ring (bicyclic) bond motifs is 3. The van der Waals surface area contributed by atoms with Crippen LogP contribution in [-0.4, -0.2) is 90.9 Å². The van der Waals surface area contributed by atoms with Crippen LogP contribution in [0.2, 0.25) is 0 Å². The first-order valence-corrected chi connectivity index (χ1v) is 21.1. The van der Waals surface area contributed by atoms with Gasteiger partial charge < -0.3 is 19.7 Å². The number of cyclic esters (lactones) is 1. The molecule has 5 atom stereocenters. The van der Waals surface area contributed by atoms with E-state index < -0.39 is 74.3 Å². The van der Waals surface area contributed by atoms with Gasteiger partial charge in [-0.25, -0.2) is 13.2 Å². The summed E-state index contributed by atoms with van der Waals surface area (Å²) in [6, 6.07) is 4.92. The monoisotopic (exact) mass is 782 g/mol. The fourth-order valence-electron chi connectivity index (χ4n) is 8.42. The third-order valence-corrected chi connectivity index (χ3v) is 13.9. The van der Waals surface area contributed by atoms with E-state index in [-0.39, 0.29) is 50.3 Å². The van der Waals surface area contributed by atoms with Crippen LogP contribution in [0.15, 0.2) is 30.9 Å². The molecule has 14 nitrogen and oxygen atoms in total. The molecule has 4 bridgehead atoms. The maximum atomic E-state index is 14.5. The van der Waals surface area contributed by atoms with Crippen LogP contribution in [0.4, 0.5) is 4.79 Å². The summed E-state index contributed by atoms with van der Waals surface area (Å²) in [6.07, 6.45) is 4.02. The maximum Gasteiger partial charge on any atom is 0.410 e. The number of benzene rings is 1. The highest BCUT2D eigenvalue weighted by molar-refractivity contribution is 7.90. The van der Waals surface area contributed by atoms with Gasteiger partial charge >= 0.3 is 12.1 Å². The zero-order valence-corrected chi connectivity index (χ0v) is 32.9. The van der Waals surface area contributed by atoms with Crippen LogP contribution in [0.3, 0.4) is 0 Å². The molecule has 3 fully saturated rings. The Morgan fingerprint density at radius 1 is 1.07 bits per heavy atom. The number of ether oxygens (including phenoxy) is 2. The SMILES string of the molecule is C=CC(=O)NC[C@@H]1CC(=O)OCC(C)(C)CCCCc2cccc3c2CN(C3)C(=O)O[C@@H]2C[C@@H](C(=O)C[C@]3(C(=O)NS(=O)(=O)C4CC4)C[C@H]3CC)N(C2)C1=O. The van der Waals surface area contributed by atoms with Crippen molar-refractivity contribution in [3.63, 3.8) is 0 Å². The minimum Gasteiger partial charge on any atom is -0.465 e. The van der Waals surface area contributed by atoms with E-state index in [9.17, 15) is 37.2 Å². The van der Waals surface area contributed by atoms with Crippen LogP contribution in [0, 0.1) is 22.7 Å². The van der Waals surface area contributed by atoms with Crippen LogP contribution >= 0.6 is 0 Å². The topological polar surface area (TPSA) is 186 Å². The molecule has 2 N–H and O–H groups in total. The number of amides is 4. The van der Waals surface area contributed by atoms with E-state index in [1.54, 1.807) is 4.90 Å². The van der Waals surface area contributed by atoms with Crippen molar-refractivity contribution in [2.75, 3.05) is 19.7 Å². The summed E-state index contributed by atoms with van der Waals surface area (Å²) in [7, 11) is -3.87. The molecule has 15 heteroatoms. The van der Waals surface area contributed by atoms with Gasteiger partial charge in [0.25, 0.3) is 0 Å². The summed E-state index contributed by atoms with van der Waals surface area (Å²) in [5, 5.41) is 1.97. The minimum atomic E-state index is -3.87. The van der Waals surface area contributed by atoms with Crippen LogP contribution in [0.5, 0.6) is 0 Å². The molecule has 6 rings (SSSR count). The van der Waals surface area contributed by atoms with E-state index in [4.69, 9.17) is 9.47 Å². The molecule has 1 aromatic carbocycles. The molecule has 2 saturated carbocycles. The van der Waals surface area contributed by atoms with Gasteiger partial charge in [0.1, 0.15) is 6.10 Å². The van der Waals surface area contributed by atoms with Crippen molar-refractivity contribution >= 4 is 45.6 Å². The molecule has 4 amide bonds. The quantitative estimate of drug-likeness (QED) is 0.262. The van der Waals surface area contributed by atoms with Crippen LogP contribution in [0.25, 0.3) is 0 Å². The Bertz CT molecular complexity index is 1840. The number of ketones is 1. The molecule has 1 aromatic rings. The third-order valence-electron chi connectivity index (χ3n) is 12.0. The van der Waals surface area contributed by atoms with Crippen molar-refractivity contribution in [2.24, 2.45) is 22.7 Å². The van der Waals surface area contributed by atoms with Gasteiger partial charge in [-0.15, -0.1) is 0 Å². The predicted octanol–water partition coefficient (Wildman–Crippen LogP) is 3.70. The molecular formula is C40H54N4O10S. The summed E-state index contributed by atoms with van der Waals surface area (Å²) in [6.45, 7) is 9.81. The summed E-state index contributed by atoms with van der Waals surface area (Å²) in [5.74, 6) is -4.38. The molecule has 0 aromatic heterocycles. The Balaban J connectivity index is 1.28. The minimum absolute atomic E-state index is 0.0540. The van der Waals surface area contributed by atoms with Crippen molar-refractivity contribution in [1.29, 1.82) is 0 Å². The first-order chi connectivity index (χ1) is 26.1. The second-order valence-electron chi connectivity index (χ2n) is 16.8. The van der Waals surface area contributed by atoms with Crippen LogP contribution < -0.4 is 10.0 Å². The molecule has 55 heavy (non-hydrogen) atoms. The van der Waals surface area contributed by atoms with Gasteiger partial charge in [-0.2, -0.15) is 0 Å².